The average molecular weight is 395 g/mol. The molecular formula is C17H29Cl2FN4O. The van der Waals surface area contributed by atoms with Gasteiger partial charge in [-0.2, -0.15) is 0 Å². The predicted octanol–water partition coefficient (Wildman–Crippen LogP) is 2.28. The number of anilines is 1. The number of carbonyl (C=O) groups excluding carboxylic acids is 1. The number of hydrogen-bond acceptors (Lipinski definition) is 4. The number of hydrogen-bond donors (Lipinski definition) is 2. The van der Waals surface area contributed by atoms with Gasteiger partial charge >= 0.3 is 0 Å². The first-order valence-corrected chi connectivity index (χ1v) is 8.32. The van der Waals surface area contributed by atoms with E-state index in [2.05, 4.69) is 17.1 Å². The zero-order valence-corrected chi connectivity index (χ0v) is 16.5. The number of nitrogens with two attached hydrogens (primary N) is 1. The highest BCUT2D eigenvalue weighted by Crippen LogP contribution is 2.22. The molecule has 1 fully saturated rings. The van der Waals surface area contributed by atoms with Crippen LogP contribution < -0.4 is 16.0 Å². The number of halogens is 3. The Bertz CT molecular complexity index is 537. The number of rotatable bonds is 6. The molecule has 3 N–H and O–H groups in total. The second kappa shape index (κ2) is 11.5. The Morgan fingerprint density at radius 2 is 1.92 bits per heavy atom. The number of nitrogens with zero attached hydrogens (tertiary/aromatic N) is 2. The van der Waals surface area contributed by atoms with Gasteiger partial charge in [0, 0.05) is 44.3 Å². The molecule has 1 aromatic rings. The number of carbonyl (C=O) groups is 1. The second-order valence-corrected chi connectivity index (χ2v) is 6.11. The van der Waals surface area contributed by atoms with Crippen molar-refractivity contribution in [2.75, 3.05) is 44.2 Å². The molecule has 0 saturated carbocycles. The molecular weight excluding hydrogens is 366 g/mol. The lowest BCUT2D eigenvalue weighted by Crippen LogP contribution is -2.46. The quantitative estimate of drug-likeness (QED) is 0.776. The largest absolute Gasteiger partial charge is 0.367 e. The third-order valence-corrected chi connectivity index (χ3v) is 4.26. The van der Waals surface area contributed by atoms with Crippen LogP contribution in [0.3, 0.4) is 0 Å². The lowest BCUT2D eigenvalue weighted by atomic mass is 10.1. The topological polar surface area (TPSA) is 61.6 Å². The van der Waals surface area contributed by atoms with Gasteiger partial charge in [0.15, 0.2) is 0 Å². The Balaban J connectivity index is 0.00000288. The SMILES string of the molecule is CCN1CCN(c2ccc(C(=O)NCCC(C)N)cc2F)CC1.Cl.Cl. The van der Waals surface area contributed by atoms with Gasteiger partial charge in [0.25, 0.3) is 5.91 Å². The van der Waals surface area contributed by atoms with Gasteiger partial charge in [-0.05, 0) is 38.1 Å². The summed E-state index contributed by atoms with van der Waals surface area (Å²) >= 11 is 0. The van der Waals surface area contributed by atoms with E-state index < -0.39 is 0 Å². The number of benzene rings is 1. The van der Waals surface area contributed by atoms with Crippen LogP contribution in [0.2, 0.25) is 0 Å². The summed E-state index contributed by atoms with van der Waals surface area (Å²) in [4.78, 5) is 16.4. The minimum Gasteiger partial charge on any atom is -0.367 e. The van der Waals surface area contributed by atoms with Gasteiger partial charge in [0.2, 0.25) is 0 Å². The zero-order valence-electron chi connectivity index (χ0n) is 14.8. The van der Waals surface area contributed by atoms with Crippen LogP contribution in [0.15, 0.2) is 18.2 Å². The third kappa shape index (κ3) is 6.98. The average Bonchev–Trinajstić information content (AvgIpc) is 2.54. The molecule has 5 nitrogen and oxygen atoms in total. The monoisotopic (exact) mass is 394 g/mol. The maximum absolute atomic E-state index is 14.4. The van der Waals surface area contributed by atoms with E-state index in [1.807, 2.05) is 11.8 Å². The molecule has 1 heterocycles. The lowest BCUT2D eigenvalue weighted by Gasteiger charge is -2.35. The molecule has 1 aliphatic heterocycles. The first-order valence-electron chi connectivity index (χ1n) is 8.32. The number of nitrogens with one attached hydrogen (secondary N) is 1. The first kappa shape index (κ1) is 23.9. The molecule has 1 atom stereocenters. The van der Waals surface area contributed by atoms with Crippen molar-refractivity contribution in [2.45, 2.75) is 26.3 Å². The minimum atomic E-state index is -0.338. The second-order valence-electron chi connectivity index (χ2n) is 6.11. The van der Waals surface area contributed by atoms with E-state index in [4.69, 9.17) is 5.73 Å². The van der Waals surface area contributed by atoms with Gasteiger partial charge in [-0.25, -0.2) is 4.39 Å². The summed E-state index contributed by atoms with van der Waals surface area (Å²) in [6.07, 6.45) is 0.702. The Labute approximate surface area is 161 Å². The number of amides is 1. The van der Waals surface area contributed by atoms with Crippen LogP contribution in [0, 0.1) is 5.82 Å². The molecule has 0 bridgehead atoms. The Morgan fingerprint density at radius 1 is 1.28 bits per heavy atom. The van der Waals surface area contributed by atoms with Crippen molar-refractivity contribution in [2.24, 2.45) is 5.73 Å². The van der Waals surface area contributed by atoms with Crippen LogP contribution in [-0.2, 0) is 0 Å². The van der Waals surface area contributed by atoms with Crippen LogP contribution in [0.5, 0.6) is 0 Å². The fourth-order valence-corrected chi connectivity index (χ4v) is 2.73. The molecule has 0 spiro atoms. The van der Waals surface area contributed by atoms with Crippen LogP contribution in [0.4, 0.5) is 10.1 Å². The van der Waals surface area contributed by atoms with Crippen molar-refractivity contribution in [3.8, 4) is 0 Å². The van der Waals surface area contributed by atoms with E-state index in [0.29, 0.717) is 24.2 Å². The van der Waals surface area contributed by atoms with Crippen LogP contribution in [-0.4, -0.2) is 56.1 Å². The molecule has 144 valence electrons. The van der Waals surface area contributed by atoms with Gasteiger partial charge in [0.05, 0.1) is 5.69 Å². The van der Waals surface area contributed by atoms with Crippen LogP contribution in [0.1, 0.15) is 30.6 Å². The van der Waals surface area contributed by atoms with Crippen molar-refractivity contribution in [3.05, 3.63) is 29.6 Å². The molecule has 0 radical (unpaired) electrons. The molecule has 0 aromatic heterocycles. The fourth-order valence-electron chi connectivity index (χ4n) is 2.73. The summed E-state index contributed by atoms with van der Waals surface area (Å²) in [5.41, 5.74) is 6.57. The standard InChI is InChI=1S/C17H27FN4O.2ClH/c1-3-21-8-10-22(11-9-21)16-5-4-14(12-15(16)18)17(23)20-7-6-13(2)19;;/h4-5,12-13H,3,6-11,19H2,1-2H3,(H,20,23);2*1H. The smallest absolute Gasteiger partial charge is 0.251 e. The van der Waals surface area contributed by atoms with E-state index in [0.717, 1.165) is 32.7 Å². The van der Waals surface area contributed by atoms with Gasteiger partial charge in [-0.3, -0.25) is 4.79 Å². The maximum atomic E-state index is 14.4. The molecule has 0 aliphatic carbocycles. The predicted molar refractivity (Wildman–Crippen MR) is 106 cm³/mol. The van der Waals surface area contributed by atoms with E-state index in [1.165, 1.54) is 6.07 Å². The summed E-state index contributed by atoms with van der Waals surface area (Å²) in [7, 11) is 0. The highest BCUT2D eigenvalue weighted by molar-refractivity contribution is 5.94. The summed E-state index contributed by atoms with van der Waals surface area (Å²) in [6, 6.07) is 4.75. The summed E-state index contributed by atoms with van der Waals surface area (Å²) in [6.45, 7) is 9.05. The van der Waals surface area contributed by atoms with E-state index >= 15 is 0 Å². The Kier molecular flexibility index (Phi) is 11.0. The molecule has 8 heteroatoms. The molecule has 1 amide bonds. The van der Waals surface area contributed by atoms with Gasteiger partial charge in [0.1, 0.15) is 5.82 Å². The van der Waals surface area contributed by atoms with Crippen molar-refractivity contribution in [1.29, 1.82) is 0 Å². The Morgan fingerprint density at radius 3 is 2.44 bits per heavy atom. The molecule has 2 rings (SSSR count). The van der Waals surface area contributed by atoms with E-state index in [9.17, 15) is 9.18 Å². The molecule has 25 heavy (non-hydrogen) atoms. The number of piperazine rings is 1. The molecule has 1 aliphatic rings. The molecule has 1 saturated heterocycles. The highest BCUT2D eigenvalue weighted by Gasteiger charge is 2.19. The number of likely N-dealkylation sites (N-methyl/N-ethyl adjacent to an activating group) is 1. The summed E-state index contributed by atoms with van der Waals surface area (Å²) in [5, 5.41) is 2.76. The van der Waals surface area contributed by atoms with Crippen molar-refractivity contribution in [3.63, 3.8) is 0 Å². The third-order valence-electron chi connectivity index (χ3n) is 4.26. The van der Waals surface area contributed by atoms with Crippen LogP contribution >= 0.6 is 24.8 Å². The minimum absolute atomic E-state index is 0. The maximum Gasteiger partial charge on any atom is 0.251 e. The van der Waals surface area contributed by atoms with Crippen molar-refractivity contribution in [1.82, 2.24) is 10.2 Å². The van der Waals surface area contributed by atoms with Gasteiger partial charge in [-0.15, -0.1) is 24.8 Å². The molecule has 1 aromatic carbocycles. The van der Waals surface area contributed by atoms with E-state index in [1.54, 1.807) is 12.1 Å². The van der Waals surface area contributed by atoms with Gasteiger partial charge in [-0.1, -0.05) is 6.92 Å². The Hall–Kier alpha value is -1.08. The first-order chi connectivity index (χ1) is 11.0. The normalized spacial score (nSPS) is 15.8. The lowest BCUT2D eigenvalue weighted by molar-refractivity contribution is 0.0952. The van der Waals surface area contributed by atoms with Crippen molar-refractivity contribution < 1.29 is 9.18 Å². The van der Waals surface area contributed by atoms with Crippen molar-refractivity contribution >= 4 is 36.4 Å². The summed E-state index contributed by atoms with van der Waals surface area (Å²) < 4.78 is 14.4. The van der Waals surface area contributed by atoms with Crippen LogP contribution in [0.25, 0.3) is 0 Å². The van der Waals surface area contributed by atoms with Gasteiger partial charge < -0.3 is 20.9 Å². The highest BCUT2D eigenvalue weighted by atomic mass is 35.5. The summed E-state index contributed by atoms with van der Waals surface area (Å²) in [5.74, 6) is -0.596. The zero-order chi connectivity index (χ0) is 16.8. The van der Waals surface area contributed by atoms with E-state index in [-0.39, 0.29) is 42.6 Å². The molecule has 1 unspecified atom stereocenters. The fraction of sp³-hybridized carbons (Fsp3) is 0.588.